The maximum Gasteiger partial charge on any atom is 0.431 e. The van der Waals surface area contributed by atoms with E-state index in [-0.39, 0.29) is 22.7 Å². The van der Waals surface area contributed by atoms with E-state index in [0.29, 0.717) is 22.2 Å². The van der Waals surface area contributed by atoms with Gasteiger partial charge in [-0.05, 0) is 86.0 Å². The van der Waals surface area contributed by atoms with Crippen LogP contribution in [0.25, 0.3) is 15.9 Å². The second-order valence-corrected chi connectivity index (χ2v) is 11.9. The first kappa shape index (κ1) is 27.8. The zero-order chi connectivity index (χ0) is 29.9. The van der Waals surface area contributed by atoms with E-state index in [1.54, 1.807) is 65.2 Å². The number of carbonyl (C=O) groups is 2. The molecule has 3 aromatic carbocycles. The first-order valence-electron chi connectivity index (χ1n) is 13.9. The van der Waals surface area contributed by atoms with Crippen molar-refractivity contribution in [3.8, 4) is 17.4 Å². The van der Waals surface area contributed by atoms with Gasteiger partial charge in [0.1, 0.15) is 17.6 Å². The fourth-order valence-electron chi connectivity index (χ4n) is 4.71. The lowest BCUT2D eigenvalue weighted by Gasteiger charge is -2.17. The molecule has 3 heterocycles. The third-order valence-corrected chi connectivity index (χ3v) is 8.74. The molecule has 0 bridgehead atoms. The SMILES string of the molecule is O=C(Oc1ccccc1)N(C(=O)Oc1ccccc1)c1nc2ccc(Sc3nnc4ccc(OC5CCCC5)nn34)cc2s1. The van der Waals surface area contributed by atoms with Crippen molar-refractivity contribution in [3.63, 3.8) is 0 Å². The van der Waals surface area contributed by atoms with Crippen LogP contribution in [-0.4, -0.2) is 43.1 Å². The third kappa shape index (κ3) is 6.05. The summed E-state index contributed by atoms with van der Waals surface area (Å²) in [4.78, 5) is 32.8. The van der Waals surface area contributed by atoms with Gasteiger partial charge in [0.2, 0.25) is 16.2 Å². The minimum absolute atomic E-state index is 0.104. The first-order chi connectivity index (χ1) is 21.6. The maximum atomic E-state index is 13.3. The van der Waals surface area contributed by atoms with Gasteiger partial charge in [-0.2, -0.15) is 9.42 Å². The van der Waals surface area contributed by atoms with Crippen molar-refractivity contribution in [3.05, 3.63) is 91.0 Å². The van der Waals surface area contributed by atoms with E-state index in [4.69, 9.17) is 14.2 Å². The van der Waals surface area contributed by atoms with E-state index >= 15 is 0 Å². The number of benzene rings is 3. The molecule has 220 valence electrons. The van der Waals surface area contributed by atoms with Crippen molar-refractivity contribution in [1.82, 2.24) is 24.8 Å². The van der Waals surface area contributed by atoms with Crippen LogP contribution in [0.3, 0.4) is 0 Å². The van der Waals surface area contributed by atoms with Gasteiger partial charge in [0.25, 0.3) is 0 Å². The van der Waals surface area contributed by atoms with Crippen molar-refractivity contribution >= 4 is 56.3 Å². The summed E-state index contributed by atoms with van der Waals surface area (Å²) in [5, 5.41) is 13.9. The molecule has 0 N–H and O–H groups in total. The van der Waals surface area contributed by atoms with E-state index in [9.17, 15) is 9.59 Å². The zero-order valence-corrected chi connectivity index (χ0v) is 24.7. The van der Waals surface area contributed by atoms with E-state index in [1.165, 1.54) is 24.6 Å². The average molecular weight is 625 g/mol. The van der Waals surface area contributed by atoms with Crippen LogP contribution in [0.5, 0.6) is 17.4 Å². The number of para-hydroxylation sites is 2. The molecule has 7 rings (SSSR count). The molecule has 13 heteroatoms. The summed E-state index contributed by atoms with van der Waals surface area (Å²) in [6.07, 6.45) is 2.71. The van der Waals surface area contributed by atoms with Gasteiger partial charge < -0.3 is 14.2 Å². The molecular weight excluding hydrogens is 601 g/mol. The molecule has 3 aromatic heterocycles. The predicted octanol–water partition coefficient (Wildman–Crippen LogP) is 7.41. The van der Waals surface area contributed by atoms with Crippen LogP contribution in [-0.2, 0) is 0 Å². The Morgan fingerprint density at radius 1 is 0.841 bits per heavy atom. The Balaban J connectivity index is 1.16. The van der Waals surface area contributed by atoms with Crippen LogP contribution >= 0.6 is 23.1 Å². The molecule has 0 saturated heterocycles. The summed E-state index contributed by atoms with van der Waals surface area (Å²) < 4.78 is 19.4. The summed E-state index contributed by atoms with van der Waals surface area (Å²) in [6, 6.07) is 26.2. The molecule has 2 amide bonds. The second kappa shape index (κ2) is 12.3. The number of aromatic nitrogens is 5. The highest BCUT2D eigenvalue weighted by molar-refractivity contribution is 7.99. The first-order valence-corrected chi connectivity index (χ1v) is 15.5. The number of rotatable bonds is 7. The molecule has 1 aliphatic rings. The number of fused-ring (bicyclic) bond motifs is 2. The second-order valence-electron chi connectivity index (χ2n) is 9.87. The van der Waals surface area contributed by atoms with E-state index < -0.39 is 12.2 Å². The topological polar surface area (TPSA) is 121 Å². The third-order valence-electron chi connectivity index (χ3n) is 6.81. The number of anilines is 1. The lowest BCUT2D eigenvalue weighted by Crippen LogP contribution is -2.41. The molecule has 11 nitrogen and oxygen atoms in total. The summed E-state index contributed by atoms with van der Waals surface area (Å²) >= 11 is 2.53. The van der Waals surface area contributed by atoms with Crippen LogP contribution < -0.4 is 19.1 Å². The number of thiazole rings is 1. The molecule has 44 heavy (non-hydrogen) atoms. The molecule has 1 fully saturated rings. The molecular formula is C31H24N6O5S2. The Labute approximate surface area is 259 Å². The molecule has 0 atom stereocenters. The van der Waals surface area contributed by atoms with Gasteiger partial charge in [-0.15, -0.1) is 15.3 Å². The molecule has 0 aliphatic heterocycles. The molecule has 1 aliphatic carbocycles. The number of hydrogen-bond acceptors (Lipinski definition) is 11. The lowest BCUT2D eigenvalue weighted by molar-refractivity contribution is 0.190. The van der Waals surface area contributed by atoms with Gasteiger partial charge >= 0.3 is 12.2 Å². The standard InChI is InChI=1S/C31H24N6O5S2/c38-30(41-21-9-3-1-4-10-21)36(31(39)42-22-11-5-2-6-12-22)28-32-24-16-15-23(19-25(24)44-28)43-29-34-33-26-17-18-27(35-37(26)29)40-20-13-7-8-14-20/h1-6,9-12,15-20H,7-8,13-14H2. The molecule has 0 spiro atoms. The van der Waals surface area contributed by atoms with Crippen LogP contribution in [0.2, 0.25) is 0 Å². The van der Waals surface area contributed by atoms with Crippen LogP contribution in [0.4, 0.5) is 14.7 Å². The van der Waals surface area contributed by atoms with E-state index in [0.717, 1.165) is 38.7 Å². The fraction of sp³-hybridized carbons (Fsp3) is 0.161. The number of carbonyl (C=O) groups excluding carboxylic acids is 2. The quantitative estimate of drug-likeness (QED) is 0.177. The maximum absolute atomic E-state index is 13.3. The number of ether oxygens (including phenoxy) is 3. The number of imide groups is 1. The molecule has 1 saturated carbocycles. The largest absolute Gasteiger partial charge is 0.473 e. The van der Waals surface area contributed by atoms with Crippen molar-refractivity contribution in [2.75, 3.05) is 4.90 Å². The van der Waals surface area contributed by atoms with Gasteiger partial charge in [-0.1, -0.05) is 47.7 Å². The van der Waals surface area contributed by atoms with Gasteiger partial charge in [-0.25, -0.2) is 14.6 Å². The highest BCUT2D eigenvalue weighted by Gasteiger charge is 2.31. The van der Waals surface area contributed by atoms with Crippen molar-refractivity contribution in [2.24, 2.45) is 0 Å². The Hall–Kier alpha value is -5.01. The van der Waals surface area contributed by atoms with Crippen LogP contribution in [0.15, 0.2) is 101 Å². The van der Waals surface area contributed by atoms with Crippen molar-refractivity contribution in [1.29, 1.82) is 0 Å². The minimum Gasteiger partial charge on any atom is -0.473 e. The smallest absolute Gasteiger partial charge is 0.431 e. The highest BCUT2D eigenvalue weighted by Crippen LogP contribution is 2.35. The van der Waals surface area contributed by atoms with Gasteiger partial charge in [0, 0.05) is 11.0 Å². The predicted molar refractivity (Wildman–Crippen MR) is 165 cm³/mol. The molecule has 0 unspecified atom stereocenters. The lowest BCUT2D eigenvalue weighted by atomic mass is 10.3. The number of nitrogens with zero attached hydrogens (tertiary/aromatic N) is 6. The van der Waals surface area contributed by atoms with Crippen molar-refractivity contribution < 1.29 is 23.8 Å². The summed E-state index contributed by atoms with van der Waals surface area (Å²) in [6.45, 7) is 0. The Morgan fingerprint density at radius 3 is 2.20 bits per heavy atom. The van der Waals surface area contributed by atoms with Crippen LogP contribution in [0, 0.1) is 0 Å². The van der Waals surface area contributed by atoms with Crippen LogP contribution in [0.1, 0.15) is 25.7 Å². The highest BCUT2D eigenvalue weighted by atomic mass is 32.2. The van der Waals surface area contributed by atoms with E-state index in [1.807, 2.05) is 30.3 Å². The average Bonchev–Trinajstić information content (AvgIpc) is 3.79. The van der Waals surface area contributed by atoms with Gasteiger partial charge in [0.15, 0.2) is 5.65 Å². The summed E-state index contributed by atoms with van der Waals surface area (Å²) in [7, 11) is 0. The van der Waals surface area contributed by atoms with Gasteiger partial charge in [0.05, 0.1) is 10.2 Å². The number of hydrogen-bond donors (Lipinski definition) is 0. The molecule has 0 radical (unpaired) electrons. The summed E-state index contributed by atoms with van der Waals surface area (Å²) in [5.41, 5.74) is 1.20. The number of amides is 2. The van der Waals surface area contributed by atoms with E-state index in [2.05, 4.69) is 20.3 Å². The summed E-state index contributed by atoms with van der Waals surface area (Å²) in [5.74, 6) is 1.10. The Kier molecular flexibility index (Phi) is 7.78. The zero-order valence-electron chi connectivity index (χ0n) is 23.1. The monoisotopic (exact) mass is 624 g/mol. The van der Waals surface area contributed by atoms with Gasteiger partial charge in [-0.3, -0.25) is 0 Å². The molecule has 6 aromatic rings. The Bertz CT molecular complexity index is 1890. The Morgan fingerprint density at radius 2 is 1.52 bits per heavy atom. The normalized spacial score (nSPS) is 13.3. The van der Waals surface area contributed by atoms with Crippen molar-refractivity contribution in [2.45, 2.75) is 41.8 Å². The minimum atomic E-state index is -0.942. The fourth-order valence-corrected chi connectivity index (χ4v) is 6.60.